The van der Waals surface area contributed by atoms with Gasteiger partial charge in [-0.05, 0) is 55.2 Å². The molecule has 3 rings (SSSR count). The van der Waals surface area contributed by atoms with E-state index in [1.54, 1.807) is 6.07 Å². The molecule has 0 bridgehead atoms. The predicted molar refractivity (Wildman–Crippen MR) is 87.9 cm³/mol. The predicted octanol–water partition coefficient (Wildman–Crippen LogP) is 3.46. The molecule has 4 unspecified atom stereocenters. The number of carboxylic acids is 1. The zero-order chi connectivity index (χ0) is 17.3. The lowest BCUT2D eigenvalue weighted by molar-refractivity contribution is -0.144. The van der Waals surface area contributed by atoms with E-state index in [9.17, 15) is 19.1 Å². The Morgan fingerprint density at radius 1 is 1.21 bits per heavy atom. The molecule has 2 aliphatic carbocycles. The van der Waals surface area contributed by atoms with Crippen LogP contribution in [0, 0.1) is 23.6 Å². The fourth-order valence-corrected chi connectivity index (χ4v) is 4.12. The van der Waals surface area contributed by atoms with Gasteiger partial charge in [0.15, 0.2) is 0 Å². The molecule has 4 nitrogen and oxygen atoms in total. The van der Waals surface area contributed by atoms with Crippen molar-refractivity contribution in [1.82, 2.24) is 5.32 Å². The van der Waals surface area contributed by atoms with Crippen molar-refractivity contribution in [1.29, 1.82) is 0 Å². The summed E-state index contributed by atoms with van der Waals surface area (Å²) >= 11 is 0. The lowest BCUT2D eigenvalue weighted by Gasteiger charge is -2.34. The number of nitrogens with one attached hydrogen (secondary N) is 1. The van der Waals surface area contributed by atoms with Crippen molar-refractivity contribution in [3.63, 3.8) is 0 Å². The third-order valence-corrected chi connectivity index (χ3v) is 5.60. The van der Waals surface area contributed by atoms with E-state index in [4.69, 9.17) is 0 Å². The maximum absolute atomic E-state index is 14.0. The van der Waals surface area contributed by atoms with Crippen LogP contribution in [0.25, 0.3) is 0 Å². The fourth-order valence-electron chi connectivity index (χ4n) is 4.12. The zero-order valence-electron chi connectivity index (χ0n) is 13.9. The van der Waals surface area contributed by atoms with Gasteiger partial charge in [-0.3, -0.25) is 9.59 Å². The van der Waals surface area contributed by atoms with Gasteiger partial charge in [-0.25, -0.2) is 4.39 Å². The van der Waals surface area contributed by atoms with Gasteiger partial charge < -0.3 is 10.4 Å². The van der Waals surface area contributed by atoms with Crippen LogP contribution >= 0.6 is 0 Å². The number of amides is 1. The molecule has 0 spiro atoms. The van der Waals surface area contributed by atoms with Crippen LogP contribution < -0.4 is 5.32 Å². The Balaban J connectivity index is 1.75. The molecule has 2 N–H and O–H groups in total. The van der Waals surface area contributed by atoms with E-state index in [2.05, 4.69) is 12.2 Å². The number of halogens is 1. The summed E-state index contributed by atoms with van der Waals surface area (Å²) in [5.41, 5.74) is 1.57. The number of hydrogen-bond acceptors (Lipinski definition) is 2. The summed E-state index contributed by atoms with van der Waals surface area (Å²) in [6.45, 7) is 2.07. The Hall–Kier alpha value is -1.91. The maximum atomic E-state index is 14.0. The van der Waals surface area contributed by atoms with Gasteiger partial charge in [-0.1, -0.05) is 25.5 Å². The summed E-state index contributed by atoms with van der Waals surface area (Å²) in [5.74, 6) is -1.56. The van der Waals surface area contributed by atoms with Gasteiger partial charge in [-0.2, -0.15) is 0 Å². The van der Waals surface area contributed by atoms with Gasteiger partial charge in [0.2, 0.25) is 5.91 Å². The standard InChI is InChI=1S/C19H24FNO3/c1-11-8-9-14-15(6-3-7-16(14)20)17(11)21-18(22)12-4-2-5-13(10-12)19(23)24/h3,6-7,11-13,17H,2,4-5,8-10H2,1H3,(H,21,22)(H,23,24). The molecular weight excluding hydrogens is 309 g/mol. The lowest BCUT2D eigenvalue weighted by atomic mass is 9.78. The van der Waals surface area contributed by atoms with Crippen LogP contribution in [0.4, 0.5) is 4.39 Å². The molecule has 0 saturated heterocycles. The molecule has 130 valence electrons. The first-order valence-corrected chi connectivity index (χ1v) is 8.78. The highest BCUT2D eigenvalue weighted by Gasteiger charge is 2.34. The maximum Gasteiger partial charge on any atom is 0.306 e. The lowest BCUT2D eigenvalue weighted by Crippen LogP contribution is -2.41. The second-order valence-corrected chi connectivity index (χ2v) is 7.21. The first-order valence-electron chi connectivity index (χ1n) is 8.78. The molecule has 0 heterocycles. The second kappa shape index (κ2) is 6.91. The van der Waals surface area contributed by atoms with Crippen molar-refractivity contribution < 1.29 is 19.1 Å². The zero-order valence-corrected chi connectivity index (χ0v) is 13.9. The topological polar surface area (TPSA) is 66.4 Å². The average molecular weight is 333 g/mol. The Labute approximate surface area is 141 Å². The van der Waals surface area contributed by atoms with Crippen molar-refractivity contribution in [3.8, 4) is 0 Å². The summed E-state index contributed by atoms with van der Waals surface area (Å²) in [4.78, 5) is 23.9. The molecule has 0 aromatic heterocycles. The molecule has 1 saturated carbocycles. The average Bonchev–Trinajstić information content (AvgIpc) is 2.57. The highest BCUT2D eigenvalue weighted by Crippen LogP contribution is 2.36. The summed E-state index contributed by atoms with van der Waals surface area (Å²) in [7, 11) is 0. The number of carbonyl (C=O) groups excluding carboxylic acids is 1. The molecule has 1 aromatic rings. The van der Waals surface area contributed by atoms with Crippen LogP contribution in [-0.4, -0.2) is 17.0 Å². The number of aliphatic carboxylic acids is 1. The number of rotatable bonds is 3. The largest absolute Gasteiger partial charge is 0.481 e. The molecule has 1 fully saturated rings. The van der Waals surface area contributed by atoms with Gasteiger partial charge in [-0.15, -0.1) is 0 Å². The summed E-state index contributed by atoms with van der Waals surface area (Å²) in [6.07, 6.45) is 4.07. The molecule has 1 aromatic carbocycles. The van der Waals surface area contributed by atoms with Crippen LogP contribution in [0.1, 0.15) is 56.2 Å². The van der Waals surface area contributed by atoms with E-state index in [1.807, 2.05) is 6.07 Å². The Morgan fingerprint density at radius 2 is 1.96 bits per heavy atom. The van der Waals surface area contributed by atoms with E-state index in [0.717, 1.165) is 24.8 Å². The minimum absolute atomic E-state index is 0.0880. The number of fused-ring (bicyclic) bond motifs is 1. The van der Waals surface area contributed by atoms with Crippen molar-refractivity contribution in [3.05, 3.63) is 35.1 Å². The van der Waals surface area contributed by atoms with Crippen LogP contribution in [0.15, 0.2) is 18.2 Å². The highest BCUT2D eigenvalue weighted by molar-refractivity contribution is 5.80. The SMILES string of the molecule is CC1CCc2c(F)cccc2C1NC(=O)C1CCCC(C(=O)O)C1. The summed E-state index contributed by atoms with van der Waals surface area (Å²) in [6, 6.07) is 4.85. The van der Waals surface area contributed by atoms with E-state index in [1.165, 1.54) is 6.07 Å². The van der Waals surface area contributed by atoms with Gasteiger partial charge >= 0.3 is 5.97 Å². The van der Waals surface area contributed by atoms with Crippen LogP contribution in [0.2, 0.25) is 0 Å². The molecule has 5 heteroatoms. The Kier molecular flexibility index (Phi) is 4.88. The minimum Gasteiger partial charge on any atom is -0.481 e. The summed E-state index contributed by atoms with van der Waals surface area (Å²) in [5, 5.41) is 12.3. The third kappa shape index (κ3) is 3.30. The minimum atomic E-state index is -0.814. The van der Waals surface area contributed by atoms with Crippen molar-refractivity contribution in [2.45, 2.75) is 51.5 Å². The molecule has 2 aliphatic rings. The van der Waals surface area contributed by atoms with Gasteiger partial charge in [0, 0.05) is 5.92 Å². The number of carboxylic acid groups (broad SMARTS) is 1. The molecule has 4 atom stereocenters. The molecule has 0 radical (unpaired) electrons. The Morgan fingerprint density at radius 3 is 2.71 bits per heavy atom. The first-order chi connectivity index (χ1) is 11.5. The van der Waals surface area contributed by atoms with Crippen molar-refractivity contribution >= 4 is 11.9 Å². The normalized spacial score (nSPS) is 29.6. The Bertz CT molecular complexity index is 645. The highest BCUT2D eigenvalue weighted by atomic mass is 19.1. The number of carbonyl (C=O) groups is 2. The third-order valence-electron chi connectivity index (χ3n) is 5.60. The molecule has 24 heavy (non-hydrogen) atoms. The van der Waals surface area contributed by atoms with Crippen molar-refractivity contribution in [2.75, 3.05) is 0 Å². The van der Waals surface area contributed by atoms with E-state index in [-0.39, 0.29) is 29.6 Å². The molecular formula is C19H24FNO3. The van der Waals surface area contributed by atoms with Gasteiger partial charge in [0.05, 0.1) is 12.0 Å². The van der Waals surface area contributed by atoms with E-state index < -0.39 is 11.9 Å². The van der Waals surface area contributed by atoms with E-state index >= 15 is 0 Å². The molecule has 0 aliphatic heterocycles. The van der Waals surface area contributed by atoms with E-state index in [0.29, 0.717) is 24.8 Å². The quantitative estimate of drug-likeness (QED) is 0.890. The van der Waals surface area contributed by atoms with Crippen LogP contribution in [-0.2, 0) is 16.0 Å². The molecule has 1 amide bonds. The van der Waals surface area contributed by atoms with Crippen molar-refractivity contribution in [2.24, 2.45) is 17.8 Å². The number of hydrogen-bond donors (Lipinski definition) is 2. The van der Waals surface area contributed by atoms with Gasteiger partial charge in [0.25, 0.3) is 0 Å². The monoisotopic (exact) mass is 333 g/mol. The fraction of sp³-hybridized carbons (Fsp3) is 0.579. The van der Waals surface area contributed by atoms with Crippen LogP contribution in [0.5, 0.6) is 0 Å². The first kappa shape index (κ1) is 16.9. The van der Waals surface area contributed by atoms with Crippen LogP contribution in [0.3, 0.4) is 0 Å². The van der Waals surface area contributed by atoms with Gasteiger partial charge in [0.1, 0.15) is 5.82 Å². The smallest absolute Gasteiger partial charge is 0.306 e. The second-order valence-electron chi connectivity index (χ2n) is 7.21. The summed E-state index contributed by atoms with van der Waals surface area (Å²) < 4.78 is 14.0. The number of benzene rings is 1.